The minimum Gasteiger partial charge on any atom is -0.478 e. The largest absolute Gasteiger partial charge is 0.478 e. The van der Waals surface area contributed by atoms with E-state index < -0.39 is 5.97 Å². The van der Waals surface area contributed by atoms with Crippen LogP contribution in [-0.2, 0) is 6.54 Å². The Labute approximate surface area is 189 Å². The number of anilines is 1. The maximum absolute atomic E-state index is 11.7. The molecule has 162 valence electrons. The van der Waals surface area contributed by atoms with Gasteiger partial charge in [-0.25, -0.2) is 9.78 Å². The van der Waals surface area contributed by atoms with Crippen molar-refractivity contribution in [2.45, 2.75) is 19.9 Å². The van der Waals surface area contributed by atoms with Gasteiger partial charge in [0.15, 0.2) is 0 Å². The summed E-state index contributed by atoms with van der Waals surface area (Å²) in [5.74, 6) is -0.103. The second-order valence-corrected chi connectivity index (χ2v) is 7.67. The number of halogens is 1. The maximum Gasteiger partial charge on any atom is 0.339 e. The van der Waals surface area contributed by atoms with Crippen LogP contribution in [0, 0.1) is 0 Å². The molecule has 0 unspecified atom stereocenters. The lowest BCUT2D eigenvalue weighted by Gasteiger charge is -2.25. The van der Waals surface area contributed by atoms with Crippen molar-refractivity contribution < 1.29 is 9.90 Å². The first-order valence-corrected chi connectivity index (χ1v) is 10.5. The van der Waals surface area contributed by atoms with Crippen LogP contribution >= 0.6 is 11.6 Å². The van der Waals surface area contributed by atoms with Gasteiger partial charge in [0.1, 0.15) is 11.4 Å². The SMILES string of the molecule is CCCN(Cc1ccc(-c2ccccc2-c2nn[nH]n2)cc1)c1ncc(Cl)cc1C(=O)O. The third-order valence-electron chi connectivity index (χ3n) is 5.01. The van der Waals surface area contributed by atoms with Gasteiger partial charge in [0, 0.05) is 24.8 Å². The molecule has 9 heteroatoms. The molecule has 0 fully saturated rings. The highest BCUT2D eigenvalue weighted by Gasteiger charge is 2.18. The van der Waals surface area contributed by atoms with E-state index in [-0.39, 0.29) is 5.56 Å². The smallest absolute Gasteiger partial charge is 0.339 e. The van der Waals surface area contributed by atoms with E-state index in [1.54, 1.807) is 0 Å². The molecular formula is C23H21ClN6O2. The lowest BCUT2D eigenvalue weighted by Crippen LogP contribution is -2.26. The zero-order valence-electron chi connectivity index (χ0n) is 17.4. The molecular weight excluding hydrogens is 428 g/mol. The second kappa shape index (κ2) is 9.57. The summed E-state index contributed by atoms with van der Waals surface area (Å²) in [6.07, 6.45) is 2.32. The highest BCUT2D eigenvalue weighted by molar-refractivity contribution is 6.30. The first kappa shape index (κ1) is 21.5. The van der Waals surface area contributed by atoms with E-state index in [9.17, 15) is 9.90 Å². The van der Waals surface area contributed by atoms with Gasteiger partial charge in [0.2, 0.25) is 5.82 Å². The van der Waals surface area contributed by atoms with Gasteiger partial charge in [-0.2, -0.15) is 5.21 Å². The van der Waals surface area contributed by atoms with Crippen molar-refractivity contribution in [2.24, 2.45) is 0 Å². The Bertz CT molecular complexity index is 1210. The van der Waals surface area contributed by atoms with Crippen molar-refractivity contribution >= 4 is 23.4 Å². The summed E-state index contributed by atoms with van der Waals surface area (Å²) in [6.45, 7) is 3.23. The summed E-state index contributed by atoms with van der Waals surface area (Å²) in [5.41, 5.74) is 4.03. The topological polar surface area (TPSA) is 108 Å². The molecule has 0 saturated heterocycles. The molecule has 2 aromatic heterocycles. The fourth-order valence-electron chi connectivity index (χ4n) is 3.59. The number of benzene rings is 2. The number of rotatable bonds is 8. The number of nitrogens with one attached hydrogen (secondary N) is 1. The van der Waals surface area contributed by atoms with Gasteiger partial charge in [-0.3, -0.25) is 0 Å². The van der Waals surface area contributed by atoms with E-state index in [1.807, 2.05) is 60.4 Å². The molecule has 0 aliphatic carbocycles. The number of carboxylic acid groups (broad SMARTS) is 1. The number of nitrogens with zero attached hydrogens (tertiary/aromatic N) is 5. The third kappa shape index (κ3) is 4.60. The highest BCUT2D eigenvalue weighted by Crippen LogP contribution is 2.30. The van der Waals surface area contributed by atoms with Crippen LogP contribution in [0.3, 0.4) is 0 Å². The number of aromatic nitrogens is 5. The average Bonchev–Trinajstić information content (AvgIpc) is 3.34. The zero-order chi connectivity index (χ0) is 22.5. The summed E-state index contributed by atoms with van der Waals surface area (Å²) < 4.78 is 0. The highest BCUT2D eigenvalue weighted by atomic mass is 35.5. The van der Waals surface area contributed by atoms with Crippen molar-refractivity contribution in [1.29, 1.82) is 0 Å². The van der Waals surface area contributed by atoms with E-state index in [0.29, 0.717) is 29.8 Å². The third-order valence-corrected chi connectivity index (χ3v) is 5.22. The first-order chi connectivity index (χ1) is 15.6. The second-order valence-electron chi connectivity index (χ2n) is 7.23. The molecule has 2 N–H and O–H groups in total. The van der Waals surface area contributed by atoms with Crippen LogP contribution in [0.5, 0.6) is 0 Å². The van der Waals surface area contributed by atoms with Gasteiger partial charge in [0.25, 0.3) is 0 Å². The molecule has 0 amide bonds. The molecule has 0 saturated carbocycles. The molecule has 0 aliphatic heterocycles. The Morgan fingerprint density at radius 1 is 1.12 bits per heavy atom. The van der Waals surface area contributed by atoms with E-state index in [4.69, 9.17) is 11.6 Å². The van der Waals surface area contributed by atoms with E-state index in [1.165, 1.54) is 12.3 Å². The molecule has 0 atom stereocenters. The molecule has 0 radical (unpaired) electrons. The van der Waals surface area contributed by atoms with Crippen molar-refractivity contribution in [2.75, 3.05) is 11.4 Å². The van der Waals surface area contributed by atoms with Gasteiger partial charge in [0.05, 0.1) is 5.02 Å². The molecule has 0 bridgehead atoms. The summed E-state index contributed by atoms with van der Waals surface area (Å²) in [7, 11) is 0. The van der Waals surface area contributed by atoms with Crippen LogP contribution < -0.4 is 4.90 Å². The van der Waals surface area contributed by atoms with Crippen LogP contribution in [0.4, 0.5) is 5.82 Å². The maximum atomic E-state index is 11.7. The van der Waals surface area contributed by atoms with Crippen molar-refractivity contribution in [1.82, 2.24) is 25.6 Å². The molecule has 0 spiro atoms. The lowest BCUT2D eigenvalue weighted by molar-refractivity contribution is 0.0697. The number of tetrazole rings is 1. The lowest BCUT2D eigenvalue weighted by atomic mass is 9.98. The van der Waals surface area contributed by atoms with Crippen LogP contribution in [0.15, 0.2) is 60.8 Å². The summed E-state index contributed by atoms with van der Waals surface area (Å²) >= 11 is 5.97. The van der Waals surface area contributed by atoms with Gasteiger partial charge < -0.3 is 10.0 Å². The Kier molecular flexibility index (Phi) is 6.42. The number of carboxylic acids is 1. The zero-order valence-corrected chi connectivity index (χ0v) is 18.1. The molecule has 8 nitrogen and oxygen atoms in total. The van der Waals surface area contributed by atoms with E-state index in [2.05, 4.69) is 25.6 Å². The monoisotopic (exact) mass is 448 g/mol. The summed E-state index contributed by atoms with van der Waals surface area (Å²) in [4.78, 5) is 18.0. The van der Waals surface area contributed by atoms with Gasteiger partial charge in [-0.05, 0) is 34.4 Å². The van der Waals surface area contributed by atoms with Crippen LogP contribution in [-0.4, -0.2) is 43.2 Å². The average molecular weight is 449 g/mol. The number of aromatic amines is 1. The van der Waals surface area contributed by atoms with E-state index >= 15 is 0 Å². The molecule has 4 aromatic rings. The molecule has 32 heavy (non-hydrogen) atoms. The standard InChI is InChI=1S/C23H21ClN6O2/c1-2-11-30(22-20(23(31)32)12-17(24)13-25-22)14-15-7-9-16(10-8-15)18-5-3-4-6-19(18)21-26-28-29-27-21/h3-10,12-13H,2,11,14H2,1H3,(H,31,32)(H,26,27,28,29). The van der Waals surface area contributed by atoms with E-state index in [0.717, 1.165) is 28.7 Å². The fraction of sp³-hybridized carbons (Fsp3) is 0.174. The van der Waals surface area contributed by atoms with Gasteiger partial charge in [-0.15, -0.1) is 10.2 Å². The van der Waals surface area contributed by atoms with Gasteiger partial charge >= 0.3 is 5.97 Å². The van der Waals surface area contributed by atoms with Gasteiger partial charge in [-0.1, -0.05) is 67.1 Å². The Morgan fingerprint density at radius 2 is 1.88 bits per heavy atom. The first-order valence-electron chi connectivity index (χ1n) is 10.1. The number of carbonyl (C=O) groups is 1. The van der Waals surface area contributed by atoms with Crippen LogP contribution in [0.25, 0.3) is 22.5 Å². The molecule has 0 aliphatic rings. The molecule has 2 aromatic carbocycles. The van der Waals surface area contributed by atoms with Crippen molar-refractivity contribution in [3.8, 4) is 22.5 Å². The van der Waals surface area contributed by atoms with Crippen LogP contribution in [0.2, 0.25) is 5.02 Å². The Hall–Kier alpha value is -3.78. The number of pyridine rings is 1. The fourth-order valence-corrected chi connectivity index (χ4v) is 3.74. The Balaban J connectivity index is 1.62. The Morgan fingerprint density at radius 3 is 2.53 bits per heavy atom. The normalized spacial score (nSPS) is 10.8. The summed E-state index contributed by atoms with van der Waals surface area (Å²) in [6, 6.07) is 17.4. The predicted molar refractivity (Wildman–Crippen MR) is 123 cm³/mol. The number of aromatic carboxylic acids is 1. The predicted octanol–water partition coefficient (Wildman–Crippen LogP) is 4.70. The minimum atomic E-state index is -1.05. The number of hydrogen-bond donors (Lipinski definition) is 2. The molecule has 2 heterocycles. The quantitative estimate of drug-likeness (QED) is 0.402. The van der Waals surface area contributed by atoms with Crippen molar-refractivity contribution in [3.63, 3.8) is 0 Å². The minimum absolute atomic E-state index is 0.0941. The van der Waals surface area contributed by atoms with Crippen molar-refractivity contribution in [3.05, 3.63) is 76.9 Å². The summed E-state index contributed by atoms with van der Waals surface area (Å²) in [5, 5.41) is 24.2. The number of hydrogen-bond acceptors (Lipinski definition) is 6. The van der Waals surface area contributed by atoms with Crippen LogP contribution in [0.1, 0.15) is 29.3 Å². The molecule has 4 rings (SSSR count). The number of H-pyrrole nitrogens is 1.